The van der Waals surface area contributed by atoms with Crippen LogP contribution in [0.5, 0.6) is 17.2 Å². The number of nitrogens with zero attached hydrogens (tertiary/aromatic N) is 1. The maximum Gasteiger partial charge on any atom is 0.422 e. The minimum Gasteiger partial charge on any atom is -0.494 e. The molecule has 0 aliphatic heterocycles. The van der Waals surface area contributed by atoms with Crippen molar-refractivity contribution in [2.75, 3.05) is 20.8 Å². The lowest BCUT2D eigenvalue weighted by molar-refractivity contribution is -0.270. The molecule has 210 valence electrons. The number of alkyl halides is 3. The van der Waals surface area contributed by atoms with Gasteiger partial charge in [-0.1, -0.05) is 0 Å². The molecule has 2 aromatic carbocycles. The number of halogens is 5. The van der Waals surface area contributed by atoms with Crippen molar-refractivity contribution in [1.29, 1.82) is 0 Å². The number of ketones is 1. The number of methoxy groups -OCH3 is 2. The van der Waals surface area contributed by atoms with Crippen molar-refractivity contribution < 1.29 is 46.8 Å². The fourth-order valence-electron chi connectivity index (χ4n) is 3.72. The summed E-state index contributed by atoms with van der Waals surface area (Å²) in [5, 5.41) is 20.3. The Morgan fingerprint density at radius 3 is 2.28 bits per heavy atom. The van der Waals surface area contributed by atoms with Gasteiger partial charge in [0.2, 0.25) is 5.60 Å². The predicted molar refractivity (Wildman–Crippen MR) is 143 cm³/mol. The summed E-state index contributed by atoms with van der Waals surface area (Å²) < 4.78 is 72.6. The van der Waals surface area contributed by atoms with Gasteiger partial charge in [-0.05, 0) is 84.5 Å². The van der Waals surface area contributed by atoms with Gasteiger partial charge in [-0.25, -0.2) is 9.37 Å². The molecule has 12 heteroatoms. The Morgan fingerprint density at radius 1 is 1.03 bits per heavy atom. The summed E-state index contributed by atoms with van der Waals surface area (Å²) in [5.41, 5.74) is -3.91. The molecule has 1 unspecified atom stereocenters. The molecule has 0 fully saturated rings. The first-order valence-electron chi connectivity index (χ1n) is 11.6. The lowest BCUT2D eigenvalue weighted by Crippen LogP contribution is -2.43. The second-order valence-corrected chi connectivity index (χ2v) is 9.85. The summed E-state index contributed by atoms with van der Waals surface area (Å²) >= 11 is 1.74. The number of pyridine rings is 1. The summed E-state index contributed by atoms with van der Waals surface area (Å²) in [7, 11) is 2.63. The number of ether oxygens (including phenoxy) is 3. The average molecular weight is 663 g/mol. The van der Waals surface area contributed by atoms with E-state index in [0.29, 0.717) is 0 Å². The molecule has 0 aliphatic carbocycles. The van der Waals surface area contributed by atoms with E-state index in [1.807, 2.05) is 0 Å². The van der Waals surface area contributed by atoms with E-state index >= 15 is 0 Å². The van der Waals surface area contributed by atoms with Crippen molar-refractivity contribution in [2.45, 2.75) is 37.6 Å². The van der Waals surface area contributed by atoms with Crippen LogP contribution in [0.3, 0.4) is 0 Å². The van der Waals surface area contributed by atoms with Gasteiger partial charge in [0.1, 0.15) is 23.9 Å². The molecule has 1 aromatic heterocycles. The molecule has 0 saturated heterocycles. The van der Waals surface area contributed by atoms with E-state index in [-0.39, 0.29) is 44.2 Å². The van der Waals surface area contributed by atoms with E-state index in [9.17, 15) is 32.6 Å². The highest BCUT2D eigenvalue weighted by Crippen LogP contribution is 2.44. The van der Waals surface area contributed by atoms with E-state index in [1.165, 1.54) is 57.5 Å². The summed E-state index contributed by atoms with van der Waals surface area (Å²) in [6.45, 7) is 1.49. The predicted octanol–water partition coefficient (Wildman–Crippen LogP) is 5.68. The van der Waals surface area contributed by atoms with E-state index in [2.05, 4.69) is 4.98 Å². The number of carbonyl (C=O) groups is 1. The average Bonchev–Trinajstić information content (AvgIpc) is 2.90. The Hall–Kier alpha value is -2.97. The highest BCUT2D eigenvalue weighted by Gasteiger charge is 2.56. The summed E-state index contributed by atoms with van der Waals surface area (Å²) in [4.78, 5) is 16.9. The van der Waals surface area contributed by atoms with Crippen molar-refractivity contribution in [2.24, 2.45) is 0 Å². The molecular weight excluding hydrogens is 637 g/mol. The van der Waals surface area contributed by atoms with Crippen LogP contribution in [0.2, 0.25) is 0 Å². The van der Waals surface area contributed by atoms with Crippen molar-refractivity contribution in [1.82, 2.24) is 4.98 Å². The van der Waals surface area contributed by atoms with Crippen LogP contribution in [0.25, 0.3) is 11.3 Å². The topological polar surface area (TPSA) is 98.1 Å². The van der Waals surface area contributed by atoms with Gasteiger partial charge in [0, 0.05) is 21.1 Å². The smallest absolute Gasteiger partial charge is 0.422 e. The van der Waals surface area contributed by atoms with Crippen LogP contribution in [0, 0.1) is 9.39 Å². The zero-order valence-corrected chi connectivity index (χ0v) is 23.3. The molecule has 0 spiro atoms. The monoisotopic (exact) mass is 663 g/mol. The summed E-state index contributed by atoms with van der Waals surface area (Å²) in [6, 6.07) is 10.2. The van der Waals surface area contributed by atoms with Crippen LogP contribution < -0.4 is 14.2 Å². The third kappa shape index (κ3) is 6.97. The molecular formula is C27H26F4INO6. The fourth-order valence-corrected chi connectivity index (χ4v) is 4.23. The molecule has 0 amide bonds. The molecule has 0 saturated carbocycles. The number of rotatable bonds is 11. The number of Topliss-reactive ketones (excluding diaryl/α,β-unsaturated/α-hetero) is 1. The van der Waals surface area contributed by atoms with Gasteiger partial charge >= 0.3 is 6.18 Å². The lowest BCUT2D eigenvalue weighted by atomic mass is 9.89. The molecule has 2 N–H and O–H groups in total. The number of benzene rings is 2. The Labute approximate surface area is 235 Å². The van der Waals surface area contributed by atoms with Crippen LogP contribution >= 0.6 is 22.6 Å². The van der Waals surface area contributed by atoms with Crippen LogP contribution in [0.1, 0.15) is 35.8 Å². The normalized spacial score (nSPS) is 13.9. The minimum absolute atomic E-state index is 0.0283. The van der Waals surface area contributed by atoms with Crippen molar-refractivity contribution >= 4 is 28.4 Å². The third-order valence-electron chi connectivity index (χ3n) is 5.84. The Kier molecular flexibility index (Phi) is 9.78. The van der Waals surface area contributed by atoms with Crippen LogP contribution in [-0.2, 0) is 5.60 Å². The van der Waals surface area contributed by atoms with E-state index in [4.69, 9.17) is 14.2 Å². The molecule has 3 aromatic rings. The first kappa shape index (κ1) is 30.6. The van der Waals surface area contributed by atoms with Crippen molar-refractivity contribution in [3.63, 3.8) is 0 Å². The quantitative estimate of drug-likeness (QED) is 0.155. The lowest BCUT2D eigenvalue weighted by Gasteiger charge is -2.30. The van der Waals surface area contributed by atoms with Gasteiger partial charge in [0.25, 0.3) is 0 Å². The van der Waals surface area contributed by atoms with Crippen molar-refractivity contribution in [3.05, 3.63) is 69.2 Å². The molecule has 2 atom stereocenters. The van der Waals surface area contributed by atoms with E-state index < -0.39 is 48.0 Å². The Balaban J connectivity index is 1.93. The SMILES string of the molecule is COc1cc(C(=O)CCC(O)(c2ccc(OC)c(-c3ccc(F)c(I)c3)n2)C(F)(F)F)ccc1OC[C@@H](C)O. The standard InChI is InChI=1S/C27H26F4INO6/c1-15(34)14-39-21-7-5-16(13-23(21)38-3)20(35)10-11-26(36,27(29,30)31)24-9-8-22(37-2)25(33-24)17-4-6-18(28)19(32)12-17/h4-9,12-13,15,34,36H,10-11,14H2,1-3H3/t15-,26?/m1/s1. The molecule has 0 radical (unpaired) electrons. The number of carbonyl (C=O) groups excluding carboxylic acids is 1. The molecule has 0 aliphatic rings. The first-order chi connectivity index (χ1) is 18.3. The van der Waals surface area contributed by atoms with Crippen LogP contribution in [0.15, 0.2) is 48.5 Å². The van der Waals surface area contributed by atoms with Gasteiger partial charge < -0.3 is 24.4 Å². The first-order valence-corrected chi connectivity index (χ1v) is 12.7. The maximum atomic E-state index is 14.3. The second-order valence-electron chi connectivity index (χ2n) is 8.68. The van der Waals surface area contributed by atoms with Gasteiger partial charge in [-0.3, -0.25) is 4.79 Å². The number of aliphatic hydroxyl groups excluding tert-OH is 1. The molecule has 39 heavy (non-hydrogen) atoms. The number of aromatic nitrogens is 1. The van der Waals surface area contributed by atoms with Crippen LogP contribution in [-0.4, -0.2) is 54.1 Å². The molecule has 1 heterocycles. The Bertz CT molecular complexity index is 1330. The largest absolute Gasteiger partial charge is 0.494 e. The van der Waals surface area contributed by atoms with Crippen molar-refractivity contribution in [3.8, 4) is 28.5 Å². The number of hydrogen-bond donors (Lipinski definition) is 2. The van der Waals surface area contributed by atoms with Gasteiger partial charge in [-0.2, -0.15) is 13.2 Å². The highest BCUT2D eigenvalue weighted by atomic mass is 127. The minimum atomic E-state index is -5.18. The second kappa shape index (κ2) is 12.5. The molecule has 0 bridgehead atoms. The van der Waals surface area contributed by atoms with Gasteiger partial charge in [-0.15, -0.1) is 0 Å². The number of hydrogen-bond acceptors (Lipinski definition) is 7. The molecule has 7 nitrogen and oxygen atoms in total. The van der Waals surface area contributed by atoms with E-state index in [0.717, 1.165) is 12.1 Å². The van der Waals surface area contributed by atoms with Gasteiger partial charge in [0.05, 0.1) is 26.0 Å². The zero-order valence-electron chi connectivity index (χ0n) is 21.2. The third-order valence-corrected chi connectivity index (χ3v) is 6.67. The summed E-state index contributed by atoms with van der Waals surface area (Å²) in [6.07, 6.45) is -7.63. The van der Waals surface area contributed by atoms with Gasteiger partial charge in [0.15, 0.2) is 17.3 Å². The zero-order chi connectivity index (χ0) is 29.0. The molecule has 3 rings (SSSR count). The summed E-state index contributed by atoms with van der Waals surface area (Å²) in [5.74, 6) is -0.680. The van der Waals surface area contributed by atoms with E-state index in [1.54, 1.807) is 22.6 Å². The maximum absolute atomic E-state index is 14.3. The fraction of sp³-hybridized carbons (Fsp3) is 0.333. The van der Waals surface area contributed by atoms with Crippen LogP contribution in [0.4, 0.5) is 17.6 Å². The Morgan fingerprint density at radius 2 is 1.69 bits per heavy atom. The number of aliphatic hydroxyl groups is 2. The highest BCUT2D eigenvalue weighted by molar-refractivity contribution is 14.1.